The summed E-state index contributed by atoms with van der Waals surface area (Å²) in [5.41, 5.74) is 3.96. The minimum atomic E-state index is -0.935. The molecule has 0 atom stereocenters. The second-order valence-electron chi connectivity index (χ2n) is 10.0. The van der Waals surface area contributed by atoms with E-state index in [4.69, 9.17) is 5.11 Å². The fraction of sp³-hybridized carbons (Fsp3) is 0.423. The number of phenols is 2. The highest BCUT2D eigenvalue weighted by molar-refractivity contribution is 7.99. The van der Waals surface area contributed by atoms with E-state index in [2.05, 4.69) is 48.1 Å². The number of aryl methyl sites for hydroxylation is 2. The maximum absolute atomic E-state index is 10.8. The Morgan fingerprint density at radius 3 is 1.32 bits per heavy atom. The lowest BCUT2D eigenvalue weighted by atomic mass is 9.85. The third kappa shape index (κ3) is 7.35. The average Bonchev–Trinajstić information content (AvgIpc) is 2.59. The Kier molecular flexibility index (Phi) is 8.44. The van der Waals surface area contributed by atoms with Gasteiger partial charge in [0.05, 0.1) is 9.79 Å². The average molecular weight is 445 g/mol. The molecule has 5 heteroatoms. The SMILES string of the molecule is C=C(C)C(=O)O.Cc1cc(Sc2cc(C)cc(C(C)(C)C)c2O)c(O)c(C(C)(C)C)c1. The van der Waals surface area contributed by atoms with Gasteiger partial charge in [0.25, 0.3) is 0 Å². The smallest absolute Gasteiger partial charge is 0.330 e. The topological polar surface area (TPSA) is 77.8 Å². The van der Waals surface area contributed by atoms with Gasteiger partial charge in [-0.05, 0) is 54.9 Å². The number of carboxylic acids is 1. The molecule has 4 nitrogen and oxygen atoms in total. The molecule has 0 radical (unpaired) electrons. The number of aliphatic carboxylic acids is 1. The predicted molar refractivity (Wildman–Crippen MR) is 130 cm³/mol. The van der Waals surface area contributed by atoms with Crippen LogP contribution >= 0.6 is 11.8 Å². The number of rotatable bonds is 3. The van der Waals surface area contributed by atoms with Crippen molar-refractivity contribution in [2.45, 2.75) is 82.9 Å². The fourth-order valence-electron chi connectivity index (χ4n) is 2.91. The minimum absolute atomic E-state index is 0.142. The van der Waals surface area contributed by atoms with Gasteiger partial charge in [-0.25, -0.2) is 4.79 Å². The lowest BCUT2D eigenvalue weighted by Gasteiger charge is -2.24. The molecule has 0 heterocycles. The minimum Gasteiger partial charge on any atom is -0.506 e. The third-order valence-electron chi connectivity index (χ3n) is 4.64. The van der Waals surface area contributed by atoms with E-state index >= 15 is 0 Å². The van der Waals surface area contributed by atoms with Crippen molar-refractivity contribution in [1.82, 2.24) is 0 Å². The molecule has 0 aromatic heterocycles. The number of carboxylic acid groups (broad SMARTS) is 1. The van der Waals surface area contributed by atoms with Crippen LogP contribution in [-0.4, -0.2) is 21.3 Å². The molecule has 2 aromatic rings. The maximum Gasteiger partial charge on any atom is 0.330 e. The van der Waals surface area contributed by atoms with Gasteiger partial charge in [-0.3, -0.25) is 0 Å². The van der Waals surface area contributed by atoms with Gasteiger partial charge in [-0.15, -0.1) is 0 Å². The molecule has 0 aliphatic rings. The van der Waals surface area contributed by atoms with Gasteiger partial charge < -0.3 is 15.3 Å². The van der Waals surface area contributed by atoms with Crippen molar-refractivity contribution in [2.75, 3.05) is 0 Å². The highest BCUT2D eigenvalue weighted by Crippen LogP contribution is 2.46. The maximum atomic E-state index is 10.8. The van der Waals surface area contributed by atoms with Gasteiger partial charge in [0.15, 0.2) is 0 Å². The Morgan fingerprint density at radius 1 is 0.806 bits per heavy atom. The van der Waals surface area contributed by atoms with E-state index in [1.165, 1.54) is 18.7 Å². The highest BCUT2D eigenvalue weighted by atomic mass is 32.2. The van der Waals surface area contributed by atoms with E-state index in [-0.39, 0.29) is 16.4 Å². The van der Waals surface area contributed by atoms with Crippen LogP contribution in [0, 0.1) is 13.8 Å². The molecular formula is C26H36O4S. The van der Waals surface area contributed by atoms with E-state index in [1.807, 2.05) is 38.1 Å². The lowest BCUT2D eigenvalue weighted by Crippen LogP contribution is -2.12. The van der Waals surface area contributed by atoms with Crippen molar-refractivity contribution in [2.24, 2.45) is 0 Å². The summed E-state index contributed by atoms with van der Waals surface area (Å²) in [6.45, 7) is 21.2. The number of phenolic OH excluding ortho intramolecular Hbond substituents is 2. The first kappa shape index (κ1) is 26.6. The summed E-state index contributed by atoms with van der Waals surface area (Å²) in [7, 11) is 0. The Balaban J connectivity index is 0.000000703. The van der Waals surface area contributed by atoms with Crippen molar-refractivity contribution >= 4 is 17.7 Å². The Bertz CT molecular complexity index is 897. The lowest BCUT2D eigenvalue weighted by molar-refractivity contribution is -0.132. The molecule has 0 amide bonds. The van der Waals surface area contributed by atoms with E-state index in [0.29, 0.717) is 11.5 Å². The summed E-state index contributed by atoms with van der Waals surface area (Å²) in [5.74, 6) is -0.322. The fourth-order valence-corrected chi connectivity index (χ4v) is 4.05. The van der Waals surface area contributed by atoms with Gasteiger partial charge in [0, 0.05) is 16.7 Å². The zero-order valence-corrected chi connectivity index (χ0v) is 21.0. The molecule has 31 heavy (non-hydrogen) atoms. The Labute approximate surface area is 191 Å². The largest absolute Gasteiger partial charge is 0.506 e. The first-order chi connectivity index (χ1) is 13.9. The summed E-state index contributed by atoms with van der Waals surface area (Å²) < 4.78 is 0. The van der Waals surface area contributed by atoms with Crippen molar-refractivity contribution < 1.29 is 20.1 Å². The molecule has 2 aromatic carbocycles. The van der Waals surface area contributed by atoms with Crippen LogP contribution < -0.4 is 0 Å². The molecule has 0 saturated carbocycles. The monoisotopic (exact) mass is 444 g/mol. The van der Waals surface area contributed by atoms with Crippen LogP contribution in [0.5, 0.6) is 11.5 Å². The number of aromatic hydroxyl groups is 2. The highest BCUT2D eigenvalue weighted by Gasteiger charge is 2.24. The Morgan fingerprint density at radius 2 is 1.10 bits per heavy atom. The number of hydrogen-bond acceptors (Lipinski definition) is 4. The van der Waals surface area contributed by atoms with E-state index in [1.54, 1.807) is 0 Å². The summed E-state index contributed by atoms with van der Waals surface area (Å²) in [4.78, 5) is 11.2. The van der Waals surface area contributed by atoms with E-state index in [0.717, 1.165) is 32.0 Å². The van der Waals surface area contributed by atoms with E-state index < -0.39 is 5.97 Å². The summed E-state index contributed by atoms with van der Waals surface area (Å²) in [6, 6.07) is 8.04. The van der Waals surface area contributed by atoms with Crippen LogP contribution in [0.25, 0.3) is 0 Å². The van der Waals surface area contributed by atoms with Crippen LogP contribution in [0.1, 0.15) is 70.7 Å². The standard InChI is InChI=1S/C22H30O2S.C4H6O2/c1-13-9-15(21(3,4)5)19(23)17(11-13)25-18-12-14(2)10-16(20(18)24)22(6,7)8;1-3(2)4(5)6/h9-12,23-24H,1-8H3;1H2,2H3,(H,5,6). The van der Waals surface area contributed by atoms with Gasteiger partial charge in [0.1, 0.15) is 11.5 Å². The molecule has 2 rings (SSSR count). The molecule has 0 bridgehead atoms. The normalized spacial score (nSPS) is 11.5. The van der Waals surface area contributed by atoms with Crippen LogP contribution in [0.4, 0.5) is 0 Å². The third-order valence-corrected chi connectivity index (χ3v) is 5.70. The molecule has 0 saturated heterocycles. The van der Waals surface area contributed by atoms with Crippen LogP contribution in [-0.2, 0) is 15.6 Å². The second kappa shape index (κ2) is 9.82. The van der Waals surface area contributed by atoms with Crippen molar-refractivity contribution in [3.8, 4) is 11.5 Å². The van der Waals surface area contributed by atoms with Crippen LogP contribution in [0.2, 0.25) is 0 Å². The molecule has 0 unspecified atom stereocenters. The first-order valence-electron chi connectivity index (χ1n) is 10.2. The van der Waals surface area contributed by atoms with Gasteiger partial charge >= 0.3 is 5.97 Å². The van der Waals surface area contributed by atoms with Crippen LogP contribution in [0.15, 0.2) is 46.2 Å². The van der Waals surface area contributed by atoms with Gasteiger partial charge in [0.2, 0.25) is 0 Å². The first-order valence-corrected chi connectivity index (χ1v) is 11.0. The summed E-state index contributed by atoms with van der Waals surface area (Å²) in [6.07, 6.45) is 0. The predicted octanol–water partition coefficient (Wildman–Crippen LogP) is 7.11. The molecular weight excluding hydrogens is 408 g/mol. The van der Waals surface area contributed by atoms with Crippen LogP contribution in [0.3, 0.4) is 0 Å². The van der Waals surface area contributed by atoms with Crippen molar-refractivity contribution in [1.29, 1.82) is 0 Å². The molecule has 0 aliphatic heterocycles. The zero-order chi connectivity index (χ0) is 24.3. The number of carbonyl (C=O) groups is 1. The summed E-state index contributed by atoms with van der Waals surface area (Å²) in [5, 5.41) is 29.5. The van der Waals surface area contributed by atoms with Crippen molar-refractivity contribution in [3.63, 3.8) is 0 Å². The quantitative estimate of drug-likeness (QED) is 0.440. The van der Waals surface area contributed by atoms with Crippen molar-refractivity contribution in [3.05, 3.63) is 58.7 Å². The summed E-state index contributed by atoms with van der Waals surface area (Å²) >= 11 is 1.43. The molecule has 0 spiro atoms. The van der Waals surface area contributed by atoms with Gasteiger partial charge in [-0.2, -0.15) is 0 Å². The number of benzene rings is 2. The second-order valence-corrected chi connectivity index (χ2v) is 11.1. The molecule has 0 fully saturated rings. The van der Waals surface area contributed by atoms with Gasteiger partial charge in [-0.1, -0.05) is 72.0 Å². The molecule has 170 valence electrons. The van der Waals surface area contributed by atoms with E-state index in [9.17, 15) is 15.0 Å². The molecule has 3 N–H and O–H groups in total. The Hall–Kier alpha value is -2.40. The number of hydrogen-bond donors (Lipinski definition) is 3. The molecule has 0 aliphatic carbocycles. The zero-order valence-electron chi connectivity index (χ0n) is 20.2.